The van der Waals surface area contributed by atoms with Crippen molar-refractivity contribution >= 4 is 5.97 Å². The topological polar surface area (TPSA) is 39.2 Å². The molecule has 0 aromatic carbocycles. The summed E-state index contributed by atoms with van der Waals surface area (Å²) in [6, 6.07) is 5.08. The number of aromatic nitrogens is 1. The van der Waals surface area contributed by atoms with Gasteiger partial charge in [0.05, 0.1) is 0 Å². The second kappa shape index (κ2) is 4.28. The first-order chi connectivity index (χ1) is 5.84. The Morgan fingerprint density at radius 1 is 1.67 bits per heavy atom. The van der Waals surface area contributed by atoms with Gasteiger partial charge in [-0.05, 0) is 12.1 Å². The van der Waals surface area contributed by atoms with Crippen LogP contribution in [0.1, 0.15) is 10.5 Å². The first-order valence-corrected chi connectivity index (χ1v) is 3.53. The molecule has 0 amide bonds. The van der Waals surface area contributed by atoms with Gasteiger partial charge >= 0.3 is 5.97 Å². The SMILES string of the molecule is C=CCOC(=O)c1ccccn1. The van der Waals surface area contributed by atoms with Crippen molar-refractivity contribution in [3.8, 4) is 0 Å². The number of hydrogen-bond acceptors (Lipinski definition) is 3. The highest BCUT2D eigenvalue weighted by atomic mass is 16.5. The molecule has 0 aliphatic carbocycles. The summed E-state index contributed by atoms with van der Waals surface area (Å²) in [5.74, 6) is -0.421. The maximum Gasteiger partial charge on any atom is 0.357 e. The molecule has 62 valence electrons. The molecule has 1 aromatic heterocycles. The number of carbonyl (C=O) groups is 1. The Morgan fingerprint density at radius 2 is 2.50 bits per heavy atom. The predicted octanol–water partition coefficient (Wildman–Crippen LogP) is 1.42. The minimum Gasteiger partial charge on any atom is -0.457 e. The van der Waals surface area contributed by atoms with E-state index >= 15 is 0 Å². The first kappa shape index (κ1) is 8.46. The molecule has 0 N–H and O–H groups in total. The number of pyridine rings is 1. The fourth-order valence-corrected chi connectivity index (χ4v) is 0.692. The van der Waals surface area contributed by atoms with Gasteiger partial charge in [-0.15, -0.1) is 0 Å². The Morgan fingerprint density at radius 3 is 3.08 bits per heavy atom. The van der Waals surface area contributed by atoms with Crippen LogP contribution in [0.4, 0.5) is 0 Å². The monoisotopic (exact) mass is 163 g/mol. The summed E-state index contributed by atoms with van der Waals surface area (Å²) in [6.45, 7) is 3.65. The summed E-state index contributed by atoms with van der Waals surface area (Å²) in [5, 5.41) is 0. The molecule has 1 rings (SSSR count). The Bertz CT molecular complexity index is 269. The normalized spacial score (nSPS) is 9.00. The van der Waals surface area contributed by atoms with Crippen LogP contribution in [0.2, 0.25) is 0 Å². The van der Waals surface area contributed by atoms with Crippen LogP contribution in [0, 0.1) is 0 Å². The van der Waals surface area contributed by atoms with Crippen molar-refractivity contribution in [2.45, 2.75) is 0 Å². The lowest BCUT2D eigenvalue weighted by Crippen LogP contribution is -2.06. The zero-order valence-electron chi connectivity index (χ0n) is 6.56. The lowest BCUT2D eigenvalue weighted by atomic mass is 10.4. The fraction of sp³-hybridized carbons (Fsp3) is 0.111. The van der Waals surface area contributed by atoms with E-state index in [1.807, 2.05) is 0 Å². The van der Waals surface area contributed by atoms with Gasteiger partial charge in [0.15, 0.2) is 0 Å². The van der Waals surface area contributed by atoms with Crippen LogP contribution >= 0.6 is 0 Å². The van der Waals surface area contributed by atoms with E-state index < -0.39 is 5.97 Å². The third-order valence-electron chi connectivity index (χ3n) is 1.21. The second-order valence-electron chi connectivity index (χ2n) is 2.10. The molecule has 1 aromatic rings. The molecule has 3 nitrogen and oxygen atoms in total. The van der Waals surface area contributed by atoms with Crippen molar-refractivity contribution in [2.75, 3.05) is 6.61 Å². The van der Waals surface area contributed by atoms with Gasteiger partial charge < -0.3 is 4.74 Å². The quantitative estimate of drug-likeness (QED) is 0.499. The lowest BCUT2D eigenvalue weighted by molar-refractivity contribution is 0.0543. The van der Waals surface area contributed by atoms with Gasteiger partial charge in [0.2, 0.25) is 0 Å². The molecule has 0 atom stereocenters. The molecule has 0 fully saturated rings. The molecule has 0 aliphatic heterocycles. The van der Waals surface area contributed by atoms with E-state index in [1.165, 1.54) is 6.08 Å². The Balaban J connectivity index is 2.59. The molecule has 0 radical (unpaired) electrons. The van der Waals surface area contributed by atoms with E-state index in [4.69, 9.17) is 4.74 Å². The van der Waals surface area contributed by atoms with Crippen molar-refractivity contribution in [1.82, 2.24) is 4.98 Å². The van der Waals surface area contributed by atoms with Crippen LogP contribution < -0.4 is 0 Å². The molecular weight excluding hydrogens is 154 g/mol. The van der Waals surface area contributed by atoms with Gasteiger partial charge in [0.25, 0.3) is 0 Å². The van der Waals surface area contributed by atoms with Crippen LogP contribution in [-0.4, -0.2) is 17.6 Å². The van der Waals surface area contributed by atoms with Crippen LogP contribution in [0.3, 0.4) is 0 Å². The third kappa shape index (κ3) is 2.20. The molecule has 0 spiro atoms. The maximum absolute atomic E-state index is 11.1. The van der Waals surface area contributed by atoms with E-state index in [1.54, 1.807) is 24.4 Å². The highest BCUT2D eigenvalue weighted by molar-refractivity contribution is 5.87. The second-order valence-corrected chi connectivity index (χ2v) is 2.10. The van der Waals surface area contributed by atoms with Crippen molar-refractivity contribution in [1.29, 1.82) is 0 Å². The van der Waals surface area contributed by atoms with Gasteiger partial charge in [-0.2, -0.15) is 0 Å². The Kier molecular flexibility index (Phi) is 3.02. The molecule has 0 saturated carbocycles. The molecule has 0 saturated heterocycles. The lowest BCUT2D eigenvalue weighted by Gasteiger charge is -1.98. The Hall–Kier alpha value is -1.64. The maximum atomic E-state index is 11.1. The number of ether oxygens (including phenoxy) is 1. The number of nitrogens with zero attached hydrogens (tertiary/aromatic N) is 1. The van der Waals surface area contributed by atoms with Crippen molar-refractivity contribution in [2.24, 2.45) is 0 Å². The summed E-state index contributed by atoms with van der Waals surface area (Å²) in [5.41, 5.74) is 0.319. The van der Waals surface area contributed by atoms with E-state index in [0.29, 0.717) is 5.69 Å². The van der Waals surface area contributed by atoms with Gasteiger partial charge in [0.1, 0.15) is 12.3 Å². The Labute approximate surface area is 70.7 Å². The van der Waals surface area contributed by atoms with Gasteiger partial charge in [-0.3, -0.25) is 0 Å². The third-order valence-corrected chi connectivity index (χ3v) is 1.21. The molecule has 0 aliphatic rings. The number of carbonyl (C=O) groups excluding carboxylic acids is 1. The average molecular weight is 163 g/mol. The van der Waals surface area contributed by atoms with Gasteiger partial charge in [-0.1, -0.05) is 18.7 Å². The summed E-state index contributed by atoms with van der Waals surface area (Å²) in [4.78, 5) is 14.9. The van der Waals surface area contributed by atoms with Crippen molar-refractivity contribution in [3.63, 3.8) is 0 Å². The van der Waals surface area contributed by atoms with Crippen molar-refractivity contribution < 1.29 is 9.53 Å². The number of rotatable bonds is 3. The van der Waals surface area contributed by atoms with Crippen LogP contribution in [0.5, 0.6) is 0 Å². The van der Waals surface area contributed by atoms with E-state index in [9.17, 15) is 4.79 Å². The van der Waals surface area contributed by atoms with Gasteiger partial charge in [0, 0.05) is 6.20 Å². The molecule has 3 heteroatoms. The number of esters is 1. The minimum absolute atomic E-state index is 0.218. The van der Waals surface area contributed by atoms with Gasteiger partial charge in [-0.25, -0.2) is 9.78 Å². The first-order valence-electron chi connectivity index (χ1n) is 3.53. The highest BCUT2D eigenvalue weighted by Crippen LogP contribution is 1.95. The molecule has 12 heavy (non-hydrogen) atoms. The summed E-state index contributed by atoms with van der Waals surface area (Å²) >= 11 is 0. The largest absolute Gasteiger partial charge is 0.457 e. The zero-order chi connectivity index (χ0) is 8.81. The fourth-order valence-electron chi connectivity index (χ4n) is 0.692. The average Bonchev–Trinajstić information content (AvgIpc) is 2.15. The summed E-state index contributed by atoms with van der Waals surface area (Å²) in [6.07, 6.45) is 3.06. The predicted molar refractivity (Wildman–Crippen MR) is 44.7 cm³/mol. The summed E-state index contributed by atoms with van der Waals surface area (Å²) in [7, 11) is 0. The molecule has 1 heterocycles. The van der Waals surface area contributed by atoms with Crippen molar-refractivity contribution in [3.05, 3.63) is 42.7 Å². The van der Waals surface area contributed by atoms with Crippen LogP contribution in [-0.2, 0) is 4.74 Å². The number of hydrogen-bond donors (Lipinski definition) is 0. The smallest absolute Gasteiger partial charge is 0.357 e. The van der Waals surface area contributed by atoms with Crippen LogP contribution in [0.15, 0.2) is 37.1 Å². The molecule has 0 bridgehead atoms. The minimum atomic E-state index is -0.421. The van der Waals surface area contributed by atoms with E-state index in [0.717, 1.165) is 0 Å². The zero-order valence-corrected chi connectivity index (χ0v) is 6.56. The van der Waals surface area contributed by atoms with Crippen LogP contribution in [0.25, 0.3) is 0 Å². The van der Waals surface area contributed by atoms with E-state index in [2.05, 4.69) is 11.6 Å². The molecule has 0 unspecified atom stereocenters. The van der Waals surface area contributed by atoms with E-state index in [-0.39, 0.29) is 6.61 Å². The molecular formula is C9H9NO2. The standard InChI is InChI=1S/C9H9NO2/c1-2-7-12-9(11)8-5-3-4-6-10-8/h2-6H,1,7H2. The summed E-state index contributed by atoms with van der Waals surface area (Å²) < 4.78 is 4.76. The highest BCUT2D eigenvalue weighted by Gasteiger charge is 2.05.